The highest BCUT2D eigenvalue weighted by molar-refractivity contribution is 8.18. The van der Waals surface area contributed by atoms with Crippen molar-refractivity contribution in [1.29, 1.82) is 0 Å². The van der Waals surface area contributed by atoms with Crippen LogP contribution in [0, 0.1) is 5.92 Å². The van der Waals surface area contributed by atoms with Crippen LogP contribution < -0.4 is 10.3 Å². The van der Waals surface area contributed by atoms with Crippen molar-refractivity contribution < 1.29 is 9.59 Å². The maximum absolute atomic E-state index is 12.8. The third-order valence-corrected chi connectivity index (χ3v) is 5.66. The van der Waals surface area contributed by atoms with E-state index in [1.807, 2.05) is 54.6 Å². The molecular weight excluding hydrogens is 384 g/mol. The lowest BCUT2D eigenvalue weighted by molar-refractivity contribution is -0.118. The summed E-state index contributed by atoms with van der Waals surface area (Å²) in [4.78, 5) is 30.2. The number of para-hydroxylation sites is 1. The molecule has 0 aromatic heterocycles. The standard InChI is InChI=1S/C22H20N4O2S/c1-3-15-9-11-16(12-10-15)23-22-24-20(27)19(29-22)13-18-14(2)25-26(21(18)28)17-7-5-4-6-8-17/h4-13,18H,3H2,1-2H3,(H,23,24,27)/b19-13-/t18-/m1/s1. The van der Waals surface area contributed by atoms with Crippen molar-refractivity contribution in [3.8, 4) is 0 Å². The molecule has 2 aliphatic heterocycles. The van der Waals surface area contributed by atoms with E-state index in [1.54, 1.807) is 13.0 Å². The summed E-state index contributed by atoms with van der Waals surface area (Å²) >= 11 is 1.24. The molecule has 6 nitrogen and oxygen atoms in total. The van der Waals surface area contributed by atoms with E-state index in [2.05, 4.69) is 22.3 Å². The van der Waals surface area contributed by atoms with Gasteiger partial charge in [-0.25, -0.2) is 4.99 Å². The Kier molecular flexibility index (Phi) is 5.31. The van der Waals surface area contributed by atoms with Crippen molar-refractivity contribution in [2.24, 2.45) is 16.0 Å². The van der Waals surface area contributed by atoms with E-state index < -0.39 is 5.92 Å². The average Bonchev–Trinajstić information content (AvgIpc) is 3.23. The molecule has 0 saturated carbocycles. The Morgan fingerprint density at radius 2 is 1.86 bits per heavy atom. The number of amides is 2. The molecule has 0 bridgehead atoms. The highest BCUT2D eigenvalue weighted by atomic mass is 32.2. The molecule has 1 N–H and O–H groups in total. The third kappa shape index (κ3) is 4.00. The number of aliphatic imine (C=N–C) groups is 1. The Hall–Kier alpha value is -3.19. The summed E-state index contributed by atoms with van der Waals surface area (Å²) in [5.74, 6) is -0.987. The molecule has 0 spiro atoms. The smallest absolute Gasteiger partial charge is 0.263 e. The number of anilines is 1. The SMILES string of the molecule is CCc1ccc(N=C2NC(=O)/C(=C/[C@H]3C(=O)N(c4ccccc4)N=C3C)S2)cc1. The molecule has 7 heteroatoms. The molecule has 1 saturated heterocycles. The van der Waals surface area contributed by atoms with Crippen LogP contribution in [0.3, 0.4) is 0 Å². The summed E-state index contributed by atoms with van der Waals surface area (Å²) in [5, 5.41) is 9.04. The van der Waals surface area contributed by atoms with Crippen LogP contribution >= 0.6 is 11.8 Å². The van der Waals surface area contributed by atoms with Gasteiger partial charge >= 0.3 is 0 Å². The van der Waals surface area contributed by atoms with E-state index in [0.29, 0.717) is 21.5 Å². The van der Waals surface area contributed by atoms with Crippen LogP contribution in [0.4, 0.5) is 11.4 Å². The van der Waals surface area contributed by atoms with Crippen molar-refractivity contribution >= 4 is 45.8 Å². The van der Waals surface area contributed by atoms with Crippen LogP contribution in [0.2, 0.25) is 0 Å². The van der Waals surface area contributed by atoms with Crippen LogP contribution in [0.15, 0.2) is 75.7 Å². The molecule has 0 aliphatic carbocycles. The molecular formula is C22H20N4O2S. The fraction of sp³-hybridized carbons (Fsp3) is 0.182. The minimum atomic E-state index is -0.563. The number of benzene rings is 2. The molecule has 29 heavy (non-hydrogen) atoms. The second kappa shape index (κ2) is 8.05. The van der Waals surface area contributed by atoms with Gasteiger partial charge in [0.25, 0.3) is 11.8 Å². The van der Waals surface area contributed by atoms with Gasteiger partial charge < -0.3 is 5.32 Å². The zero-order chi connectivity index (χ0) is 20.4. The topological polar surface area (TPSA) is 74.1 Å². The van der Waals surface area contributed by atoms with Gasteiger partial charge in [0.1, 0.15) is 0 Å². The van der Waals surface area contributed by atoms with Gasteiger partial charge in [-0.1, -0.05) is 37.3 Å². The van der Waals surface area contributed by atoms with Gasteiger partial charge in [-0.3, -0.25) is 9.59 Å². The quantitative estimate of drug-likeness (QED) is 0.782. The predicted octanol–water partition coefficient (Wildman–Crippen LogP) is 4.02. The van der Waals surface area contributed by atoms with Gasteiger partial charge in [-0.05, 0) is 61.0 Å². The number of aryl methyl sites for hydroxylation is 1. The first kappa shape index (κ1) is 19.1. The Morgan fingerprint density at radius 3 is 2.55 bits per heavy atom. The van der Waals surface area contributed by atoms with Gasteiger partial charge in [0, 0.05) is 0 Å². The number of carbonyl (C=O) groups is 2. The second-order valence-corrected chi connectivity index (χ2v) is 7.76. The van der Waals surface area contributed by atoms with Crippen molar-refractivity contribution in [3.05, 3.63) is 71.1 Å². The number of amidine groups is 1. The number of carbonyl (C=O) groups excluding carboxylic acids is 2. The van der Waals surface area contributed by atoms with E-state index in [4.69, 9.17) is 0 Å². The summed E-state index contributed by atoms with van der Waals surface area (Å²) in [6.45, 7) is 3.89. The largest absolute Gasteiger partial charge is 0.300 e. The summed E-state index contributed by atoms with van der Waals surface area (Å²) in [6, 6.07) is 17.1. The highest BCUT2D eigenvalue weighted by Crippen LogP contribution is 2.31. The van der Waals surface area contributed by atoms with Crippen molar-refractivity contribution in [1.82, 2.24) is 5.32 Å². The van der Waals surface area contributed by atoms with Gasteiger partial charge in [0.05, 0.1) is 27.9 Å². The Balaban J connectivity index is 1.52. The lowest BCUT2D eigenvalue weighted by Crippen LogP contribution is -2.26. The first-order valence-corrected chi connectivity index (χ1v) is 10.2. The van der Waals surface area contributed by atoms with Crippen LogP contribution in [0.5, 0.6) is 0 Å². The van der Waals surface area contributed by atoms with Gasteiger partial charge in [-0.15, -0.1) is 0 Å². The maximum Gasteiger partial charge on any atom is 0.263 e. The molecule has 2 heterocycles. The lowest BCUT2D eigenvalue weighted by atomic mass is 10.0. The van der Waals surface area contributed by atoms with Crippen molar-refractivity contribution in [2.75, 3.05) is 5.01 Å². The Labute approximate surface area is 173 Å². The minimum Gasteiger partial charge on any atom is -0.300 e. The highest BCUT2D eigenvalue weighted by Gasteiger charge is 2.35. The first-order valence-electron chi connectivity index (χ1n) is 9.38. The van der Waals surface area contributed by atoms with Crippen LogP contribution in [0.1, 0.15) is 19.4 Å². The first-order chi connectivity index (χ1) is 14.0. The molecule has 1 atom stereocenters. The van der Waals surface area contributed by atoms with Crippen LogP contribution in [-0.4, -0.2) is 22.7 Å². The lowest BCUT2D eigenvalue weighted by Gasteiger charge is -2.12. The average molecular weight is 404 g/mol. The van der Waals surface area contributed by atoms with Crippen LogP contribution in [-0.2, 0) is 16.0 Å². The molecule has 4 rings (SSSR count). The second-order valence-electron chi connectivity index (χ2n) is 6.73. The molecule has 2 aromatic carbocycles. The minimum absolute atomic E-state index is 0.171. The van der Waals surface area contributed by atoms with Crippen molar-refractivity contribution in [2.45, 2.75) is 20.3 Å². The number of hydrazone groups is 1. The molecule has 2 aromatic rings. The molecule has 1 fully saturated rings. The maximum atomic E-state index is 12.8. The van der Waals surface area contributed by atoms with Crippen LogP contribution in [0.25, 0.3) is 0 Å². The Bertz CT molecular complexity index is 1040. The zero-order valence-corrected chi connectivity index (χ0v) is 16.9. The fourth-order valence-corrected chi connectivity index (χ4v) is 3.95. The normalized spacial score (nSPS) is 21.8. The van der Waals surface area contributed by atoms with E-state index in [1.165, 1.54) is 22.3 Å². The molecule has 0 unspecified atom stereocenters. The third-order valence-electron chi connectivity index (χ3n) is 4.73. The Morgan fingerprint density at radius 1 is 1.14 bits per heavy atom. The molecule has 0 radical (unpaired) electrons. The van der Waals surface area contributed by atoms with E-state index in [0.717, 1.165) is 12.1 Å². The van der Waals surface area contributed by atoms with Gasteiger partial charge in [-0.2, -0.15) is 10.1 Å². The molecule has 2 aliphatic rings. The summed E-state index contributed by atoms with van der Waals surface area (Å²) in [7, 11) is 0. The zero-order valence-electron chi connectivity index (χ0n) is 16.1. The summed E-state index contributed by atoms with van der Waals surface area (Å²) < 4.78 is 0. The van der Waals surface area contributed by atoms with E-state index in [9.17, 15) is 9.59 Å². The number of nitrogens with one attached hydrogen (secondary N) is 1. The summed E-state index contributed by atoms with van der Waals surface area (Å²) in [6.07, 6.45) is 2.64. The fourth-order valence-electron chi connectivity index (χ4n) is 3.10. The van der Waals surface area contributed by atoms with Gasteiger partial charge in [0.2, 0.25) is 0 Å². The number of rotatable bonds is 4. The predicted molar refractivity (Wildman–Crippen MR) is 117 cm³/mol. The molecule has 2 amide bonds. The monoisotopic (exact) mass is 404 g/mol. The number of hydrogen-bond donors (Lipinski definition) is 1. The van der Waals surface area contributed by atoms with Gasteiger partial charge in [0.15, 0.2) is 5.17 Å². The summed E-state index contributed by atoms with van der Waals surface area (Å²) in [5.41, 5.74) is 3.37. The van der Waals surface area contributed by atoms with E-state index >= 15 is 0 Å². The number of hydrogen-bond acceptors (Lipinski definition) is 5. The molecule has 146 valence electrons. The van der Waals surface area contributed by atoms with E-state index in [-0.39, 0.29) is 11.8 Å². The van der Waals surface area contributed by atoms with Crippen molar-refractivity contribution in [3.63, 3.8) is 0 Å². The number of thioether (sulfide) groups is 1. The number of nitrogens with zero attached hydrogens (tertiary/aromatic N) is 3.